The van der Waals surface area contributed by atoms with Gasteiger partial charge < -0.3 is 20.1 Å². The average Bonchev–Trinajstić information content (AvgIpc) is 2.89. The summed E-state index contributed by atoms with van der Waals surface area (Å²) in [6.07, 6.45) is 14.9. The van der Waals surface area contributed by atoms with Gasteiger partial charge >= 0.3 is 12.2 Å². The number of hydrogen-bond donors (Lipinski definition) is 2. The number of carbonyl (C=O) groups excluding carboxylic acids is 2. The summed E-state index contributed by atoms with van der Waals surface area (Å²) in [5.74, 6) is 1.00. The number of nitrogens with one attached hydrogen (secondary N) is 2. The third-order valence-electron chi connectivity index (χ3n) is 14.1. The van der Waals surface area contributed by atoms with E-state index in [1.54, 1.807) is 11.1 Å². The van der Waals surface area contributed by atoms with E-state index in [0.717, 1.165) is 25.7 Å². The molecule has 0 unspecified atom stereocenters. The predicted molar refractivity (Wildman–Crippen MR) is 186 cm³/mol. The first-order valence-corrected chi connectivity index (χ1v) is 18.3. The molecule has 46 heavy (non-hydrogen) atoms. The van der Waals surface area contributed by atoms with Crippen molar-refractivity contribution in [2.45, 2.75) is 165 Å². The molecule has 5 rings (SSSR count). The van der Waals surface area contributed by atoms with Crippen molar-refractivity contribution in [3.63, 3.8) is 0 Å². The maximum absolute atomic E-state index is 12.9. The van der Waals surface area contributed by atoms with E-state index in [1.807, 2.05) is 41.5 Å². The first kappa shape index (κ1) is 35.3. The number of hydrogen-bond acceptors (Lipinski definition) is 4. The Morgan fingerprint density at radius 3 is 2.04 bits per heavy atom. The van der Waals surface area contributed by atoms with E-state index in [1.165, 1.54) is 32.1 Å². The highest BCUT2D eigenvalue weighted by molar-refractivity contribution is 5.68. The Labute approximate surface area is 280 Å². The van der Waals surface area contributed by atoms with Crippen molar-refractivity contribution in [2.24, 2.45) is 44.3 Å². The molecule has 3 fully saturated rings. The molecule has 6 heteroatoms. The lowest BCUT2D eigenvalue weighted by molar-refractivity contribution is -0.158. The molecule has 5 aliphatic carbocycles. The molecule has 0 heterocycles. The van der Waals surface area contributed by atoms with Crippen LogP contribution in [0, 0.1) is 44.3 Å². The van der Waals surface area contributed by atoms with Crippen molar-refractivity contribution < 1.29 is 19.1 Å². The predicted octanol–water partition coefficient (Wildman–Crippen LogP) is 10.1. The lowest BCUT2D eigenvalue weighted by Gasteiger charge is -2.69. The van der Waals surface area contributed by atoms with Crippen LogP contribution in [-0.4, -0.2) is 36.0 Å². The zero-order chi connectivity index (χ0) is 34.4. The molecule has 0 aromatic rings. The number of alkyl carbamates (subject to hydrolysis) is 2. The van der Waals surface area contributed by atoms with Crippen LogP contribution in [0.2, 0.25) is 0 Å². The topological polar surface area (TPSA) is 76.7 Å². The second-order valence-electron chi connectivity index (χ2n) is 20.0. The zero-order valence-electron chi connectivity index (χ0n) is 31.6. The van der Waals surface area contributed by atoms with Crippen molar-refractivity contribution >= 4 is 12.2 Å². The van der Waals surface area contributed by atoms with Crippen molar-refractivity contribution in [2.75, 3.05) is 6.54 Å². The Bertz CT molecular complexity index is 1300. The van der Waals surface area contributed by atoms with Gasteiger partial charge in [-0.1, -0.05) is 66.2 Å². The number of carbonyl (C=O) groups is 2. The molecule has 0 aromatic carbocycles. The average molecular weight is 639 g/mol. The van der Waals surface area contributed by atoms with E-state index in [2.05, 4.69) is 71.3 Å². The summed E-state index contributed by atoms with van der Waals surface area (Å²) >= 11 is 0. The minimum atomic E-state index is -0.501. The molecular weight excluding hydrogens is 572 g/mol. The molecule has 2 amide bonds. The van der Waals surface area contributed by atoms with Gasteiger partial charge in [0.05, 0.1) is 0 Å². The van der Waals surface area contributed by atoms with Crippen molar-refractivity contribution in [3.8, 4) is 0 Å². The first-order chi connectivity index (χ1) is 20.9. The van der Waals surface area contributed by atoms with Crippen molar-refractivity contribution in [1.82, 2.24) is 10.6 Å². The van der Waals surface area contributed by atoms with Crippen LogP contribution in [0.5, 0.6) is 0 Å². The van der Waals surface area contributed by atoms with Gasteiger partial charge in [-0.25, -0.2) is 9.59 Å². The molecule has 0 spiro atoms. The van der Waals surface area contributed by atoms with Crippen LogP contribution >= 0.6 is 0 Å². The molecule has 6 nitrogen and oxygen atoms in total. The highest BCUT2D eigenvalue weighted by atomic mass is 16.6. The smallest absolute Gasteiger partial charge is 0.407 e. The van der Waals surface area contributed by atoms with Gasteiger partial charge in [0, 0.05) is 12.6 Å². The van der Waals surface area contributed by atoms with E-state index in [0.29, 0.717) is 18.4 Å². The van der Waals surface area contributed by atoms with E-state index in [4.69, 9.17) is 9.47 Å². The van der Waals surface area contributed by atoms with E-state index >= 15 is 0 Å². The van der Waals surface area contributed by atoms with Gasteiger partial charge in [-0.3, -0.25) is 0 Å². The van der Waals surface area contributed by atoms with Gasteiger partial charge in [0.2, 0.25) is 0 Å². The van der Waals surface area contributed by atoms with Crippen LogP contribution in [0.4, 0.5) is 9.59 Å². The van der Waals surface area contributed by atoms with Gasteiger partial charge in [0.15, 0.2) is 0 Å². The summed E-state index contributed by atoms with van der Waals surface area (Å²) < 4.78 is 11.3. The highest BCUT2D eigenvalue weighted by Crippen LogP contribution is 2.74. The van der Waals surface area contributed by atoms with Crippen LogP contribution < -0.4 is 10.6 Å². The number of ether oxygens (including phenoxy) is 2. The summed E-state index contributed by atoms with van der Waals surface area (Å²) in [4.78, 5) is 25.5. The maximum atomic E-state index is 12.9. The van der Waals surface area contributed by atoms with Crippen LogP contribution in [0.1, 0.15) is 148 Å². The molecule has 0 radical (unpaired) electrons. The standard InChI is InChI=1S/C40H66N2O4/c1-33(2,3)45-31(43)41-25-36(9)20-21-37(10)22-23-39(12)26(27(37)24-36)14-15-29-38(11)18-17-30(42-32(44)46-34(4,5)6)35(7,8)28(38)16-19-40(29,39)13/h14-15,28-30H,16-25H2,1-13H3,(H,41,43)(H,42,44)/t28-,29+,30-,36-,37+,38-,39+,40+/m0/s1. The maximum Gasteiger partial charge on any atom is 0.407 e. The molecule has 0 aliphatic heterocycles. The van der Waals surface area contributed by atoms with Gasteiger partial charge in [-0.2, -0.15) is 0 Å². The van der Waals surface area contributed by atoms with Crippen LogP contribution in [0.15, 0.2) is 23.3 Å². The Morgan fingerprint density at radius 2 is 1.41 bits per heavy atom. The van der Waals surface area contributed by atoms with Gasteiger partial charge in [0.25, 0.3) is 0 Å². The molecule has 0 aromatic heterocycles. The summed E-state index contributed by atoms with van der Waals surface area (Å²) in [6.45, 7) is 29.6. The lowest BCUT2D eigenvalue weighted by Crippen LogP contribution is -2.65. The lowest BCUT2D eigenvalue weighted by atomic mass is 9.35. The van der Waals surface area contributed by atoms with Crippen molar-refractivity contribution in [1.29, 1.82) is 0 Å². The van der Waals surface area contributed by atoms with Gasteiger partial charge in [-0.05, 0) is 149 Å². The molecule has 3 saturated carbocycles. The van der Waals surface area contributed by atoms with Gasteiger partial charge in [0.1, 0.15) is 11.2 Å². The second kappa shape index (κ2) is 11.0. The number of rotatable bonds is 3. The minimum absolute atomic E-state index is 0.00970. The third kappa shape index (κ3) is 5.95. The molecule has 260 valence electrons. The number of amides is 2. The molecule has 0 bridgehead atoms. The number of fused-ring (bicyclic) bond motifs is 6. The SMILES string of the molecule is CC(C)(C)OC(=O)NC[C@@]1(C)CC[C@]2(C)CC[C@]3(C)C(=C2C1)C=C[C@@H]1[C@@]2(C)CC[C@H](NC(=O)OC(C)(C)C)C(C)(C)[C@@H]2CC[C@]13C. The molecule has 2 N–H and O–H groups in total. The second-order valence-corrected chi connectivity index (χ2v) is 20.0. The summed E-state index contributed by atoms with van der Waals surface area (Å²) in [7, 11) is 0. The van der Waals surface area contributed by atoms with Gasteiger partial charge in [-0.15, -0.1) is 0 Å². The largest absolute Gasteiger partial charge is 0.444 e. The number of allylic oxidation sites excluding steroid dienone is 4. The monoisotopic (exact) mass is 639 g/mol. The normalized spacial score (nSPS) is 41.7. The first-order valence-electron chi connectivity index (χ1n) is 18.3. The fraction of sp³-hybridized carbons (Fsp3) is 0.850. The zero-order valence-corrected chi connectivity index (χ0v) is 31.6. The molecular formula is C40H66N2O4. The molecule has 5 aliphatic rings. The fourth-order valence-electron chi connectivity index (χ4n) is 11.2. The summed E-state index contributed by atoms with van der Waals surface area (Å²) in [5, 5.41) is 6.43. The molecule has 0 saturated heterocycles. The minimum Gasteiger partial charge on any atom is -0.444 e. The van der Waals surface area contributed by atoms with Crippen molar-refractivity contribution in [3.05, 3.63) is 23.3 Å². The van der Waals surface area contributed by atoms with E-state index in [-0.39, 0.29) is 50.7 Å². The van der Waals surface area contributed by atoms with Crippen LogP contribution in [0.25, 0.3) is 0 Å². The third-order valence-corrected chi connectivity index (χ3v) is 14.1. The highest BCUT2D eigenvalue weighted by Gasteiger charge is 2.66. The summed E-state index contributed by atoms with van der Waals surface area (Å²) in [5.41, 5.74) is 2.90. The Balaban J connectivity index is 1.43. The Morgan fingerprint density at radius 1 is 0.804 bits per heavy atom. The Kier molecular flexibility index (Phi) is 8.46. The molecule has 8 atom stereocenters. The van der Waals surface area contributed by atoms with E-state index in [9.17, 15) is 9.59 Å². The fourth-order valence-corrected chi connectivity index (χ4v) is 11.2. The quantitative estimate of drug-likeness (QED) is 0.323. The Hall–Kier alpha value is -1.98. The van der Waals surface area contributed by atoms with E-state index < -0.39 is 11.2 Å². The van der Waals surface area contributed by atoms with Crippen LogP contribution in [0.3, 0.4) is 0 Å². The summed E-state index contributed by atoms with van der Waals surface area (Å²) in [6, 6.07) is 0.107. The van der Waals surface area contributed by atoms with Crippen LogP contribution in [-0.2, 0) is 9.47 Å².